The van der Waals surface area contributed by atoms with E-state index < -0.39 is 11.7 Å². The van der Waals surface area contributed by atoms with E-state index in [2.05, 4.69) is 15.3 Å². The molecule has 2 heterocycles. The van der Waals surface area contributed by atoms with E-state index in [0.29, 0.717) is 46.2 Å². The Bertz CT molecular complexity index is 1150. The Morgan fingerprint density at radius 2 is 1.97 bits per heavy atom. The Labute approximate surface area is 189 Å². The van der Waals surface area contributed by atoms with Crippen molar-refractivity contribution in [2.24, 2.45) is 0 Å². The van der Waals surface area contributed by atoms with E-state index in [4.69, 9.17) is 19.9 Å². The first-order valence-corrected chi connectivity index (χ1v) is 10.5. The number of nitrogens with zero attached hydrogens (tertiary/aromatic N) is 2. The molecule has 4 rings (SSSR count). The summed E-state index contributed by atoms with van der Waals surface area (Å²) in [4.78, 5) is 8.91. The number of hydrogen-bond donors (Lipinski definition) is 2. The smallest absolute Gasteiger partial charge is 0.416 e. The van der Waals surface area contributed by atoms with Gasteiger partial charge in [0.25, 0.3) is 0 Å². The summed E-state index contributed by atoms with van der Waals surface area (Å²) in [5, 5.41) is 3.77. The standard InChI is InChI=1S/C23H25F3N4O3/c1-13-29-19-10-20(31-2)21(33-12-17-4-3-5-32-17)9-18(19)22(30-13)28-11-14-6-15(23(24,25)26)8-16(27)7-14/h6-10,17H,3-5,11-12,27H2,1-2H3,(H,28,29,30)/t17-/m1/s1. The molecule has 176 valence electrons. The lowest BCUT2D eigenvalue weighted by Crippen LogP contribution is -2.16. The molecule has 1 atom stereocenters. The average molecular weight is 462 g/mol. The lowest BCUT2D eigenvalue weighted by atomic mass is 10.1. The van der Waals surface area contributed by atoms with Crippen LogP contribution in [0.1, 0.15) is 29.8 Å². The van der Waals surface area contributed by atoms with E-state index in [1.54, 1.807) is 26.2 Å². The summed E-state index contributed by atoms with van der Waals surface area (Å²) in [5.41, 5.74) is 5.93. The van der Waals surface area contributed by atoms with Crippen LogP contribution in [0.15, 0.2) is 30.3 Å². The maximum Gasteiger partial charge on any atom is 0.416 e. The second-order valence-electron chi connectivity index (χ2n) is 7.90. The summed E-state index contributed by atoms with van der Waals surface area (Å²) in [6.07, 6.45) is -2.51. The number of halogens is 3. The van der Waals surface area contributed by atoms with Gasteiger partial charge in [-0.1, -0.05) is 0 Å². The van der Waals surface area contributed by atoms with Gasteiger partial charge in [-0.2, -0.15) is 13.2 Å². The first-order chi connectivity index (χ1) is 15.7. The van der Waals surface area contributed by atoms with Gasteiger partial charge in [0.2, 0.25) is 0 Å². The Morgan fingerprint density at radius 1 is 1.15 bits per heavy atom. The number of methoxy groups -OCH3 is 1. The molecule has 0 unspecified atom stereocenters. The van der Waals surface area contributed by atoms with Crippen LogP contribution in [0.5, 0.6) is 11.5 Å². The first-order valence-electron chi connectivity index (χ1n) is 10.5. The zero-order chi connectivity index (χ0) is 23.6. The topological polar surface area (TPSA) is 91.5 Å². The summed E-state index contributed by atoms with van der Waals surface area (Å²) in [6.45, 7) is 2.95. The minimum atomic E-state index is -4.48. The molecule has 10 heteroatoms. The van der Waals surface area contributed by atoms with Crippen LogP contribution in [0, 0.1) is 6.92 Å². The highest BCUT2D eigenvalue weighted by atomic mass is 19.4. The minimum Gasteiger partial charge on any atom is -0.493 e. The second-order valence-corrected chi connectivity index (χ2v) is 7.90. The fourth-order valence-electron chi connectivity index (χ4n) is 3.79. The van der Waals surface area contributed by atoms with E-state index in [1.165, 1.54) is 6.07 Å². The van der Waals surface area contributed by atoms with Gasteiger partial charge in [-0.25, -0.2) is 9.97 Å². The third-order valence-electron chi connectivity index (χ3n) is 5.34. The molecule has 1 fully saturated rings. The zero-order valence-corrected chi connectivity index (χ0v) is 18.3. The third kappa shape index (κ3) is 5.39. The number of aromatic nitrogens is 2. The fourth-order valence-corrected chi connectivity index (χ4v) is 3.79. The summed E-state index contributed by atoms with van der Waals surface area (Å²) in [6, 6.07) is 7.00. The maximum absolute atomic E-state index is 13.1. The van der Waals surface area contributed by atoms with Crippen LogP contribution in [0.25, 0.3) is 10.9 Å². The van der Waals surface area contributed by atoms with Gasteiger partial charge >= 0.3 is 6.18 Å². The van der Waals surface area contributed by atoms with Crippen molar-refractivity contribution in [1.82, 2.24) is 9.97 Å². The van der Waals surface area contributed by atoms with Crippen LogP contribution >= 0.6 is 0 Å². The summed E-state index contributed by atoms with van der Waals surface area (Å²) >= 11 is 0. The molecule has 0 amide bonds. The summed E-state index contributed by atoms with van der Waals surface area (Å²) in [7, 11) is 1.55. The van der Waals surface area contributed by atoms with Gasteiger partial charge in [0.1, 0.15) is 18.2 Å². The van der Waals surface area contributed by atoms with E-state index in [-0.39, 0.29) is 18.3 Å². The number of benzene rings is 2. The molecule has 2 aromatic carbocycles. The van der Waals surface area contributed by atoms with Gasteiger partial charge in [0.15, 0.2) is 11.5 Å². The fraction of sp³-hybridized carbons (Fsp3) is 0.391. The molecule has 1 aliphatic heterocycles. The van der Waals surface area contributed by atoms with Crippen molar-refractivity contribution < 1.29 is 27.4 Å². The Hall–Kier alpha value is -3.27. The lowest BCUT2D eigenvalue weighted by molar-refractivity contribution is -0.137. The van der Waals surface area contributed by atoms with Crippen molar-refractivity contribution >= 4 is 22.4 Å². The molecular formula is C23H25F3N4O3. The lowest BCUT2D eigenvalue weighted by Gasteiger charge is -2.16. The van der Waals surface area contributed by atoms with Crippen LogP contribution in [-0.2, 0) is 17.5 Å². The molecule has 3 aromatic rings. The van der Waals surface area contributed by atoms with Crippen molar-refractivity contribution in [1.29, 1.82) is 0 Å². The van der Waals surface area contributed by atoms with Gasteiger partial charge in [-0.3, -0.25) is 0 Å². The third-order valence-corrected chi connectivity index (χ3v) is 5.34. The molecule has 0 spiro atoms. The van der Waals surface area contributed by atoms with Crippen LogP contribution in [0.2, 0.25) is 0 Å². The average Bonchev–Trinajstić information content (AvgIpc) is 3.28. The van der Waals surface area contributed by atoms with Crippen molar-refractivity contribution in [2.45, 2.75) is 38.6 Å². The number of anilines is 2. The SMILES string of the molecule is COc1cc2nc(C)nc(NCc3cc(N)cc(C(F)(F)F)c3)c2cc1OC[C@H]1CCCO1. The molecule has 0 bridgehead atoms. The molecular weight excluding hydrogens is 437 g/mol. The van der Waals surface area contributed by atoms with E-state index in [9.17, 15) is 13.2 Å². The predicted octanol–water partition coefficient (Wildman–Crippen LogP) is 4.72. The van der Waals surface area contributed by atoms with E-state index >= 15 is 0 Å². The Morgan fingerprint density at radius 3 is 2.67 bits per heavy atom. The van der Waals surface area contributed by atoms with Gasteiger partial charge in [-0.05, 0) is 49.6 Å². The Balaban J connectivity index is 1.62. The van der Waals surface area contributed by atoms with Gasteiger partial charge in [0, 0.05) is 30.3 Å². The van der Waals surface area contributed by atoms with Crippen LogP contribution in [-0.4, -0.2) is 36.4 Å². The maximum atomic E-state index is 13.1. The van der Waals surface area contributed by atoms with Gasteiger partial charge < -0.3 is 25.3 Å². The van der Waals surface area contributed by atoms with Crippen molar-refractivity contribution in [3.8, 4) is 11.5 Å². The number of aryl methyl sites for hydroxylation is 1. The van der Waals surface area contributed by atoms with Crippen molar-refractivity contribution in [3.05, 3.63) is 47.3 Å². The molecule has 3 N–H and O–H groups in total. The number of hydrogen-bond acceptors (Lipinski definition) is 7. The summed E-state index contributed by atoms with van der Waals surface area (Å²) < 4.78 is 56.5. The van der Waals surface area contributed by atoms with E-state index in [1.807, 2.05) is 0 Å². The van der Waals surface area contributed by atoms with Crippen LogP contribution in [0.3, 0.4) is 0 Å². The Kier molecular flexibility index (Phi) is 6.46. The van der Waals surface area contributed by atoms with Gasteiger partial charge in [-0.15, -0.1) is 0 Å². The quantitative estimate of drug-likeness (QED) is 0.491. The monoisotopic (exact) mass is 462 g/mol. The van der Waals surface area contributed by atoms with E-state index in [0.717, 1.165) is 31.6 Å². The predicted molar refractivity (Wildman–Crippen MR) is 118 cm³/mol. The first kappa shape index (κ1) is 22.9. The normalized spacial score (nSPS) is 16.2. The van der Waals surface area contributed by atoms with Gasteiger partial charge in [0.05, 0.1) is 24.3 Å². The highest BCUT2D eigenvalue weighted by Crippen LogP contribution is 2.35. The largest absolute Gasteiger partial charge is 0.493 e. The van der Waals surface area contributed by atoms with Crippen LogP contribution < -0.4 is 20.5 Å². The number of alkyl halides is 3. The molecule has 7 nitrogen and oxygen atoms in total. The number of fused-ring (bicyclic) bond motifs is 1. The minimum absolute atomic E-state index is 0.0311. The molecule has 1 saturated heterocycles. The van der Waals surface area contributed by atoms with Crippen LogP contribution in [0.4, 0.5) is 24.7 Å². The highest BCUT2D eigenvalue weighted by Gasteiger charge is 2.31. The zero-order valence-electron chi connectivity index (χ0n) is 18.3. The number of ether oxygens (including phenoxy) is 3. The molecule has 1 aliphatic rings. The molecule has 0 saturated carbocycles. The number of nitrogens with one attached hydrogen (secondary N) is 1. The second kappa shape index (κ2) is 9.30. The molecule has 0 aliphatic carbocycles. The van der Waals surface area contributed by atoms with Crippen molar-refractivity contribution in [3.63, 3.8) is 0 Å². The highest BCUT2D eigenvalue weighted by molar-refractivity contribution is 5.91. The molecule has 0 radical (unpaired) electrons. The number of nitrogens with two attached hydrogens (primary N) is 1. The summed E-state index contributed by atoms with van der Waals surface area (Å²) in [5.74, 6) is 2.01. The number of nitrogen functional groups attached to an aromatic ring is 1. The molecule has 33 heavy (non-hydrogen) atoms. The van der Waals surface area contributed by atoms with Crippen molar-refractivity contribution in [2.75, 3.05) is 31.4 Å². The number of rotatable bonds is 7. The molecule has 1 aromatic heterocycles.